The lowest BCUT2D eigenvalue weighted by Gasteiger charge is -2.18. The Kier molecular flexibility index (Phi) is 3.46. The van der Waals surface area contributed by atoms with Gasteiger partial charge in [-0.1, -0.05) is 0 Å². The summed E-state index contributed by atoms with van der Waals surface area (Å²) in [4.78, 5) is 0. The van der Waals surface area contributed by atoms with Gasteiger partial charge >= 0.3 is 12.4 Å². The minimum atomic E-state index is -5.40. The molecule has 0 unspecified atom stereocenters. The van der Waals surface area contributed by atoms with Crippen molar-refractivity contribution in [3.05, 3.63) is 28.8 Å². The first kappa shape index (κ1) is 14.5. The summed E-state index contributed by atoms with van der Waals surface area (Å²) < 4.78 is 98.7. The van der Waals surface area contributed by atoms with Gasteiger partial charge in [-0.05, 0) is 12.1 Å². The van der Waals surface area contributed by atoms with Gasteiger partial charge in [0.15, 0.2) is 0 Å². The number of nitrogens with two attached hydrogens (primary N) is 1. The molecule has 0 saturated heterocycles. The number of rotatable bonds is 1. The largest absolute Gasteiger partial charge is 0.417 e. The molecule has 0 aliphatic rings. The minimum absolute atomic E-state index is 0.135. The Labute approximate surface area is 95.2 Å². The van der Waals surface area contributed by atoms with Crippen LogP contribution in [0.4, 0.5) is 40.8 Å². The Balaban J connectivity index is 3.58. The van der Waals surface area contributed by atoms with Crippen LogP contribution in [0.2, 0.25) is 0 Å². The van der Waals surface area contributed by atoms with Crippen molar-refractivity contribution in [1.29, 1.82) is 0 Å². The van der Waals surface area contributed by atoms with Gasteiger partial charge in [-0.15, -0.1) is 0 Å². The van der Waals surface area contributed by atoms with E-state index in [2.05, 4.69) is 0 Å². The highest BCUT2D eigenvalue weighted by Gasteiger charge is 2.44. The normalized spacial score (nSPS) is 13.2. The zero-order chi connectivity index (χ0) is 14.3. The molecule has 0 aliphatic heterocycles. The highest BCUT2D eigenvalue weighted by molar-refractivity contribution is 5.54. The predicted octanol–water partition coefficient (Wildman–Crippen LogP) is 4.24. The van der Waals surface area contributed by atoms with Crippen molar-refractivity contribution in [3.8, 4) is 0 Å². The molecule has 0 saturated carbocycles. The lowest BCUT2D eigenvalue weighted by molar-refractivity contribution is -0.162. The third-order valence-electron chi connectivity index (χ3n) is 2.07. The molecule has 1 rings (SSSR count). The molecule has 0 atom stereocenters. The zero-order valence-corrected chi connectivity index (χ0v) is 8.33. The van der Waals surface area contributed by atoms with Crippen molar-refractivity contribution in [3.63, 3.8) is 0 Å². The first-order chi connectivity index (χ1) is 7.94. The van der Waals surface area contributed by atoms with Crippen LogP contribution >= 0.6 is 0 Å². The topological polar surface area (TPSA) is 26.0 Å². The molecule has 18 heavy (non-hydrogen) atoms. The molecule has 9 heteroatoms. The summed E-state index contributed by atoms with van der Waals surface area (Å²) in [6.45, 7) is 0. The Bertz CT molecular complexity index is 445. The number of hydrogen-bond acceptors (Lipinski definition) is 1. The quantitative estimate of drug-likeness (QED) is 0.603. The third kappa shape index (κ3) is 2.82. The fourth-order valence-electron chi connectivity index (χ4n) is 1.29. The molecule has 0 aromatic heterocycles. The van der Waals surface area contributed by atoms with E-state index in [0.29, 0.717) is 0 Å². The average Bonchev–Trinajstić information content (AvgIpc) is 2.13. The maximum atomic E-state index is 12.4. The highest BCUT2D eigenvalue weighted by Crippen LogP contribution is 2.43. The number of anilines is 1. The number of alkyl halides is 8. The number of nitrogen functional groups attached to an aromatic ring is 1. The number of halogens is 8. The highest BCUT2D eigenvalue weighted by atomic mass is 19.4. The van der Waals surface area contributed by atoms with Crippen LogP contribution in [0.5, 0.6) is 0 Å². The molecule has 1 aromatic carbocycles. The van der Waals surface area contributed by atoms with E-state index in [0.717, 1.165) is 0 Å². The molecule has 1 nitrogen and oxygen atoms in total. The van der Waals surface area contributed by atoms with Gasteiger partial charge in [0.05, 0.1) is 11.1 Å². The molecule has 0 aliphatic carbocycles. The summed E-state index contributed by atoms with van der Waals surface area (Å²) in [6, 6.07) is -0.410. The van der Waals surface area contributed by atoms with Crippen LogP contribution in [-0.2, 0) is 12.4 Å². The molecule has 2 N–H and O–H groups in total. The lowest BCUT2D eigenvalue weighted by Crippen LogP contribution is -2.18. The standard InChI is InChI=1S/C9H5F8N/c10-7(11)3-1-4(8(12,13)14)5(2-6(3)18)9(15,16)17/h1-2,7H,18H2. The SMILES string of the molecule is Nc1cc(C(F)(F)F)c(C(F)(F)F)cc1C(F)F. The monoisotopic (exact) mass is 279 g/mol. The predicted molar refractivity (Wildman–Crippen MR) is 45.8 cm³/mol. The molecule has 0 amide bonds. The summed E-state index contributed by atoms with van der Waals surface area (Å²) in [5.41, 5.74) is -1.70. The van der Waals surface area contributed by atoms with Crippen molar-refractivity contribution in [2.75, 3.05) is 5.73 Å². The van der Waals surface area contributed by atoms with Crippen molar-refractivity contribution in [2.24, 2.45) is 0 Å². The van der Waals surface area contributed by atoms with E-state index in [4.69, 9.17) is 5.73 Å². The van der Waals surface area contributed by atoms with Gasteiger partial charge in [0, 0.05) is 11.3 Å². The van der Waals surface area contributed by atoms with Crippen LogP contribution < -0.4 is 5.73 Å². The second-order valence-electron chi connectivity index (χ2n) is 3.32. The van der Waals surface area contributed by atoms with Crippen molar-refractivity contribution >= 4 is 5.69 Å². The number of benzene rings is 1. The summed E-state index contributed by atoms with van der Waals surface area (Å²) >= 11 is 0. The van der Waals surface area contributed by atoms with E-state index >= 15 is 0 Å². The van der Waals surface area contributed by atoms with E-state index < -0.39 is 41.2 Å². The van der Waals surface area contributed by atoms with Gasteiger partial charge in [0.1, 0.15) is 0 Å². The fraction of sp³-hybridized carbons (Fsp3) is 0.333. The van der Waals surface area contributed by atoms with E-state index in [1.807, 2.05) is 0 Å². The second kappa shape index (κ2) is 4.29. The maximum Gasteiger partial charge on any atom is 0.417 e. The second-order valence-corrected chi connectivity index (χ2v) is 3.32. The molecule has 1 aromatic rings. The lowest BCUT2D eigenvalue weighted by atomic mass is 10.0. The molecule has 0 fully saturated rings. The zero-order valence-electron chi connectivity index (χ0n) is 8.33. The minimum Gasteiger partial charge on any atom is -0.398 e. The summed E-state index contributed by atoms with van der Waals surface area (Å²) in [6.07, 6.45) is -14.1. The van der Waals surface area contributed by atoms with Crippen LogP contribution in [0, 0.1) is 0 Å². The van der Waals surface area contributed by atoms with Crippen LogP contribution in [0.15, 0.2) is 12.1 Å². The number of hydrogen-bond donors (Lipinski definition) is 1. The maximum absolute atomic E-state index is 12.4. The average molecular weight is 279 g/mol. The van der Waals surface area contributed by atoms with Crippen LogP contribution in [0.3, 0.4) is 0 Å². The van der Waals surface area contributed by atoms with E-state index in [1.165, 1.54) is 0 Å². The van der Waals surface area contributed by atoms with Crippen LogP contribution in [0.1, 0.15) is 23.1 Å². The smallest absolute Gasteiger partial charge is 0.398 e. The van der Waals surface area contributed by atoms with E-state index in [9.17, 15) is 35.1 Å². The Hall–Kier alpha value is -1.54. The molecular weight excluding hydrogens is 274 g/mol. The van der Waals surface area contributed by atoms with Crippen molar-refractivity contribution in [2.45, 2.75) is 18.8 Å². The first-order valence-electron chi connectivity index (χ1n) is 4.30. The summed E-state index contributed by atoms with van der Waals surface area (Å²) in [7, 11) is 0. The van der Waals surface area contributed by atoms with Gasteiger partial charge in [-0.25, -0.2) is 8.78 Å². The molecule has 0 spiro atoms. The Morgan fingerprint density at radius 3 is 1.56 bits per heavy atom. The Morgan fingerprint density at radius 1 is 0.833 bits per heavy atom. The molecular formula is C9H5F8N. The summed E-state index contributed by atoms with van der Waals surface area (Å²) in [5, 5.41) is 0. The van der Waals surface area contributed by atoms with E-state index in [1.54, 1.807) is 0 Å². The van der Waals surface area contributed by atoms with Gasteiger partial charge in [0.25, 0.3) is 6.43 Å². The first-order valence-corrected chi connectivity index (χ1v) is 4.30. The van der Waals surface area contributed by atoms with Gasteiger partial charge < -0.3 is 5.73 Å². The molecule has 0 heterocycles. The van der Waals surface area contributed by atoms with Crippen LogP contribution in [-0.4, -0.2) is 0 Å². The van der Waals surface area contributed by atoms with E-state index in [-0.39, 0.29) is 12.1 Å². The van der Waals surface area contributed by atoms with Crippen molar-refractivity contribution in [1.82, 2.24) is 0 Å². The molecule has 102 valence electrons. The Morgan fingerprint density at radius 2 is 1.22 bits per heavy atom. The molecule has 0 bridgehead atoms. The van der Waals surface area contributed by atoms with Crippen LogP contribution in [0.25, 0.3) is 0 Å². The molecule has 0 radical (unpaired) electrons. The van der Waals surface area contributed by atoms with Gasteiger partial charge in [-0.3, -0.25) is 0 Å². The van der Waals surface area contributed by atoms with Gasteiger partial charge in [-0.2, -0.15) is 26.3 Å². The third-order valence-corrected chi connectivity index (χ3v) is 2.07. The summed E-state index contributed by atoms with van der Waals surface area (Å²) in [5.74, 6) is 0. The van der Waals surface area contributed by atoms with Crippen molar-refractivity contribution < 1.29 is 35.1 Å². The fourth-order valence-corrected chi connectivity index (χ4v) is 1.29. The van der Waals surface area contributed by atoms with Gasteiger partial charge in [0.2, 0.25) is 0 Å².